The van der Waals surface area contributed by atoms with E-state index in [2.05, 4.69) is 12.2 Å². The number of rotatable bonds is 4. The van der Waals surface area contributed by atoms with Crippen molar-refractivity contribution in [1.29, 1.82) is 0 Å². The van der Waals surface area contributed by atoms with Crippen molar-refractivity contribution in [2.75, 3.05) is 7.05 Å². The second kappa shape index (κ2) is 6.71. The second-order valence-corrected chi connectivity index (χ2v) is 6.05. The van der Waals surface area contributed by atoms with Crippen molar-refractivity contribution in [1.82, 2.24) is 5.32 Å². The molecule has 3 atom stereocenters. The van der Waals surface area contributed by atoms with Crippen LogP contribution in [0.1, 0.15) is 38.2 Å². The molecule has 0 bridgehead atoms. The minimum absolute atomic E-state index is 0.166. The van der Waals surface area contributed by atoms with Crippen LogP contribution in [-0.2, 0) is 6.42 Å². The van der Waals surface area contributed by atoms with Gasteiger partial charge in [-0.1, -0.05) is 31.0 Å². The maximum absolute atomic E-state index is 13.9. The van der Waals surface area contributed by atoms with Crippen LogP contribution in [0.15, 0.2) is 18.2 Å². The van der Waals surface area contributed by atoms with Crippen LogP contribution in [0.2, 0.25) is 5.02 Å². The molecule has 3 heteroatoms. The highest BCUT2D eigenvalue weighted by molar-refractivity contribution is 6.31. The zero-order valence-corrected chi connectivity index (χ0v) is 12.5. The molecule has 0 amide bonds. The molecule has 1 fully saturated rings. The van der Waals surface area contributed by atoms with Gasteiger partial charge in [0.05, 0.1) is 0 Å². The van der Waals surface area contributed by atoms with Gasteiger partial charge >= 0.3 is 0 Å². The van der Waals surface area contributed by atoms with E-state index in [9.17, 15) is 4.39 Å². The van der Waals surface area contributed by atoms with Crippen molar-refractivity contribution in [3.63, 3.8) is 0 Å². The molecule has 1 aliphatic rings. The van der Waals surface area contributed by atoms with Crippen LogP contribution in [0, 0.1) is 17.7 Å². The van der Waals surface area contributed by atoms with Gasteiger partial charge in [0.1, 0.15) is 5.82 Å². The molecule has 0 saturated heterocycles. The van der Waals surface area contributed by atoms with Crippen LogP contribution in [0.4, 0.5) is 4.39 Å². The van der Waals surface area contributed by atoms with Crippen molar-refractivity contribution in [2.24, 2.45) is 11.8 Å². The molecule has 19 heavy (non-hydrogen) atoms. The highest BCUT2D eigenvalue weighted by Gasteiger charge is 2.29. The van der Waals surface area contributed by atoms with E-state index < -0.39 is 0 Å². The van der Waals surface area contributed by atoms with Gasteiger partial charge in [0, 0.05) is 16.6 Å². The number of benzene rings is 1. The highest BCUT2D eigenvalue weighted by Crippen LogP contribution is 2.35. The quantitative estimate of drug-likeness (QED) is 0.862. The summed E-state index contributed by atoms with van der Waals surface area (Å²) in [6, 6.07) is 5.45. The Labute approximate surface area is 120 Å². The van der Waals surface area contributed by atoms with Crippen LogP contribution in [0.3, 0.4) is 0 Å². The molecule has 0 spiro atoms. The first-order valence-corrected chi connectivity index (χ1v) is 7.63. The Morgan fingerprint density at radius 3 is 2.79 bits per heavy atom. The highest BCUT2D eigenvalue weighted by atomic mass is 35.5. The first-order valence-electron chi connectivity index (χ1n) is 7.25. The minimum Gasteiger partial charge on any atom is -0.317 e. The number of hydrogen-bond acceptors (Lipinski definition) is 1. The third kappa shape index (κ3) is 3.49. The average Bonchev–Trinajstić information content (AvgIpc) is 2.42. The Balaban J connectivity index is 2.14. The lowest BCUT2D eigenvalue weighted by molar-refractivity contribution is 0.204. The molecular weight excluding hydrogens is 261 g/mol. The summed E-state index contributed by atoms with van der Waals surface area (Å²) in [5.41, 5.74) is 0.686. The zero-order valence-electron chi connectivity index (χ0n) is 11.8. The van der Waals surface area contributed by atoms with Gasteiger partial charge in [0.2, 0.25) is 0 Å². The third-order valence-corrected chi connectivity index (χ3v) is 4.92. The predicted molar refractivity (Wildman–Crippen MR) is 79.1 cm³/mol. The number of hydrogen-bond donors (Lipinski definition) is 1. The fourth-order valence-electron chi connectivity index (χ4n) is 3.33. The summed E-state index contributed by atoms with van der Waals surface area (Å²) in [7, 11) is 2.01. The first kappa shape index (κ1) is 14.8. The molecule has 1 aromatic carbocycles. The van der Waals surface area contributed by atoms with Crippen molar-refractivity contribution in [3.05, 3.63) is 34.6 Å². The molecule has 106 valence electrons. The summed E-state index contributed by atoms with van der Waals surface area (Å²) in [4.78, 5) is 0. The Kier molecular flexibility index (Phi) is 5.23. The number of halogens is 2. The van der Waals surface area contributed by atoms with Gasteiger partial charge in [-0.3, -0.25) is 0 Å². The van der Waals surface area contributed by atoms with Gasteiger partial charge in [0.15, 0.2) is 0 Å². The molecule has 2 rings (SSSR count). The maximum Gasteiger partial charge on any atom is 0.127 e. The second-order valence-electron chi connectivity index (χ2n) is 5.65. The topological polar surface area (TPSA) is 12.0 Å². The van der Waals surface area contributed by atoms with E-state index in [1.807, 2.05) is 7.05 Å². The lowest BCUT2D eigenvalue weighted by atomic mass is 9.74. The van der Waals surface area contributed by atoms with Gasteiger partial charge in [-0.15, -0.1) is 0 Å². The summed E-state index contributed by atoms with van der Waals surface area (Å²) in [6.07, 6.45) is 5.60. The van der Waals surface area contributed by atoms with Gasteiger partial charge in [-0.25, -0.2) is 4.39 Å². The van der Waals surface area contributed by atoms with Gasteiger partial charge in [-0.2, -0.15) is 0 Å². The molecule has 0 aromatic heterocycles. The summed E-state index contributed by atoms with van der Waals surface area (Å²) >= 11 is 6.15. The Bertz CT molecular complexity index is 401. The summed E-state index contributed by atoms with van der Waals surface area (Å²) in [6.45, 7) is 2.25. The first-order chi connectivity index (χ1) is 9.15. The zero-order chi connectivity index (χ0) is 13.8. The fourth-order valence-corrected chi connectivity index (χ4v) is 3.57. The standard InChI is InChI=1S/C16H23ClFN/c1-3-11-7-8-16(19-2)12(9-11)10-13-14(17)5-4-6-15(13)18/h4-6,11-12,16,19H,3,7-10H2,1-2H3. The van der Waals surface area contributed by atoms with E-state index in [0.717, 1.165) is 12.3 Å². The summed E-state index contributed by atoms with van der Waals surface area (Å²) in [5.74, 6) is 1.10. The van der Waals surface area contributed by atoms with Crippen molar-refractivity contribution >= 4 is 11.6 Å². The molecule has 1 aliphatic carbocycles. The molecule has 1 N–H and O–H groups in total. The predicted octanol–water partition coefficient (Wildman–Crippen LogP) is 4.44. The lowest BCUT2D eigenvalue weighted by Gasteiger charge is -2.36. The molecular formula is C16H23ClFN. The SMILES string of the molecule is CCC1CCC(NC)C(Cc2c(F)cccc2Cl)C1. The average molecular weight is 284 g/mol. The molecule has 0 heterocycles. The van der Waals surface area contributed by atoms with Crippen LogP contribution in [0.25, 0.3) is 0 Å². The molecule has 1 aromatic rings. The van der Waals surface area contributed by atoms with Gasteiger partial charge in [-0.05, 0) is 56.7 Å². The maximum atomic E-state index is 13.9. The molecule has 1 saturated carbocycles. The van der Waals surface area contributed by atoms with Gasteiger partial charge < -0.3 is 5.32 Å². The monoisotopic (exact) mass is 283 g/mol. The number of nitrogens with one attached hydrogen (secondary N) is 1. The van der Waals surface area contributed by atoms with E-state index in [-0.39, 0.29) is 5.82 Å². The Morgan fingerprint density at radius 1 is 1.37 bits per heavy atom. The van der Waals surface area contributed by atoms with E-state index in [1.165, 1.54) is 31.7 Å². The van der Waals surface area contributed by atoms with Crippen molar-refractivity contribution in [2.45, 2.75) is 45.1 Å². The Hall–Kier alpha value is -0.600. The fraction of sp³-hybridized carbons (Fsp3) is 0.625. The molecule has 3 unspecified atom stereocenters. The van der Waals surface area contributed by atoms with E-state index >= 15 is 0 Å². The third-order valence-electron chi connectivity index (χ3n) is 4.57. The Morgan fingerprint density at radius 2 is 2.16 bits per heavy atom. The van der Waals surface area contributed by atoms with E-state index in [1.54, 1.807) is 12.1 Å². The summed E-state index contributed by atoms with van der Waals surface area (Å²) in [5, 5.41) is 3.96. The van der Waals surface area contributed by atoms with Crippen LogP contribution >= 0.6 is 11.6 Å². The van der Waals surface area contributed by atoms with Crippen LogP contribution in [0.5, 0.6) is 0 Å². The van der Waals surface area contributed by atoms with Crippen molar-refractivity contribution < 1.29 is 4.39 Å². The molecule has 0 radical (unpaired) electrons. The van der Waals surface area contributed by atoms with Gasteiger partial charge in [0.25, 0.3) is 0 Å². The van der Waals surface area contributed by atoms with Crippen LogP contribution in [-0.4, -0.2) is 13.1 Å². The summed E-state index contributed by atoms with van der Waals surface area (Å²) < 4.78 is 13.9. The smallest absolute Gasteiger partial charge is 0.127 e. The molecule has 1 nitrogen and oxygen atoms in total. The normalized spacial score (nSPS) is 27.5. The van der Waals surface area contributed by atoms with E-state index in [4.69, 9.17) is 11.6 Å². The minimum atomic E-state index is -0.166. The van der Waals surface area contributed by atoms with Crippen molar-refractivity contribution in [3.8, 4) is 0 Å². The molecule has 0 aliphatic heterocycles. The van der Waals surface area contributed by atoms with E-state index in [0.29, 0.717) is 22.5 Å². The lowest BCUT2D eigenvalue weighted by Crippen LogP contribution is -2.39. The van der Waals surface area contributed by atoms with Crippen LogP contribution < -0.4 is 5.32 Å². The largest absolute Gasteiger partial charge is 0.317 e.